The first-order valence-corrected chi connectivity index (χ1v) is 9.82. The Morgan fingerprint density at radius 3 is 2.46 bits per heavy atom. The summed E-state index contributed by atoms with van der Waals surface area (Å²) in [6, 6.07) is 7.68. The van der Waals surface area contributed by atoms with Crippen LogP contribution in [-0.2, 0) is 14.3 Å². The summed E-state index contributed by atoms with van der Waals surface area (Å²) in [6.07, 6.45) is 3.71. The Balaban J connectivity index is 1.41. The average Bonchev–Trinajstić information content (AvgIpc) is 3.06. The summed E-state index contributed by atoms with van der Waals surface area (Å²) in [7, 11) is 0. The van der Waals surface area contributed by atoms with Crippen LogP contribution in [0.15, 0.2) is 24.3 Å². The summed E-state index contributed by atoms with van der Waals surface area (Å²) in [4.78, 5) is 38.8. The predicted octanol–water partition coefficient (Wildman–Crippen LogP) is 2.33. The molecule has 2 heterocycles. The fourth-order valence-corrected chi connectivity index (χ4v) is 3.85. The minimum Gasteiger partial charge on any atom is -0.454 e. The number of carbonyl (C=O) groups excluding carboxylic acids is 3. The van der Waals surface area contributed by atoms with Gasteiger partial charge in [-0.25, -0.2) is 0 Å². The molecule has 0 spiro atoms. The van der Waals surface area contributed by atoms with Crippen molar-refractivity contribution in [2.45, 2.75) is 19.3 Å². The molecule has 1 aromatic carbocycles. The Kier molecular flexibility index (Phi) is 6.38. The zero-order valence-corrected chi connectivity index (χ0v) is 15.4. The van der Waals surface area contributed by atoms with Crippen molar-refractivity contribution in [3.63, 3.8) is 0 Å². The molecule has 2 aliphatic rings. The minimum atomic E-state index is -0.573. The van der Waals surface area contributed by atoms with Crippen LogP contribution in [0.25, 0.3) is 0 Å². The molecule has 8 heteroatoms. The number of esters is 1. The lowest BCUT2D eigenvalue weighted by Gasteiger charge is -2.28. The van der Waals surface area contributed by atoms with Gasteiger partial charge >= 0.3 is 5.97 Å². The Hall–Kier alpha value is -2.22. The van der Waals surface area contributed by atoms with E-state index < -0.39 is 11.9 Å². The van der Waals surface area contributed by atoms with Crippen LogP contribution in [0.2, 0.25) is 0 Å². The number of anilines is 2. The highest BCUT2D eigenvalue weighted by molar-refractivity contribution is 8.13. The summed E-state index contributed by atoms with van der Waals surface area (Å²) < 4.78 is 4.94. The molecule has 0 bridgehead atoms. The molecule has 0 radical (unpaired) electrons. The van der Waals surface area contributed by atoms with Crippen molar-refractivity contribution >= 4 is 40.3 Å². The van der Waals surface area contributed by atoms with Gasteiger partial charge in [-0.2, -0.15) is 0 Å². The second-order valence-corrected chi connectivity index (χ2v) is 7.39. The summed E-state index contributed by atoms with van der Waals surface area (Å²) in [6.45, 7) is 2.21. The summed E-state index contributed by atoms with van der Waals surface area (Å²) in [5, 5.41) is 2.59. The average molecular weight is 377 g/mol. The van der Waals surface area contributed by atoms with E-state index >= 15 is 0 Å². The highest BCUT2D eigenvalue weighted by atomic mass is 32.2. The van der Waals surface area contributed by atoms with Crippen LogP contribution in [0.5, 0.6) is 0 Å². The van der Waals surface area contributed by atoms with Crippen LogP contribution in [0.3, 0.4) is 0 Å². The molecule has 0 aromatic heterocycles. The van der Waals surface area contributed by atoms with Gasteiger partial charge in [0, 0.05) is 36.8 Å². The maximum atomic E-state index is 11.9. The van der Waals surface area contributed by atoms with E-state index in [4.69, 9.17) is 4.74 Å². The number of benzene rings is 1. The summed E-state index contributed by atoms with van der Waals surface area (Å²) >= 11 is 1.18. The molecule has 7 nitrogen and oxygen atoms in total. The molecule has 1 aromatic rings. The summed E-state index contributed by atoms with van der Waals surface area (Å²) in [5.41, 5.74) is 1.82. The predicted molar refractivity (Wildman–Crippen MR) is 102 cm³/mol. The third-order valence-corrected chi connectivity index (χ3v) is 5.29. The molecule has 0 atom stereocenters. The van der Waals surface area contributed by atoms with E-state index in [9.17, 15) is 14.4 Å². The number of amides is 2. The van der Waals surface area contributed by atoms with Crippen molar-refractivity contribution in [2.75, 3.05) is 48.8 Å². The quantitative estimate of drug-likeness (QED) is 0.767. The number of nitrogens with zero attached hydrogens (tertiary/aromatic N) is 2. The normalized spacial score (nSPS) is 17.3. The third kappa shape index (κ3) is 5.14. The van der Waals surface area contributed by atoms with Gasteiger partial charge in [0.25, 0.3) is 11.1 Å². The first kappa shape index (κ1) is 18.6. The van der Waals surface area contributed by atoms with Crippen molar-refractivity contribution in [1.29, 1.82) is 0 Å². The zero-order chi connectivity index (χ0) is 18.4. The first-order valence-electron chi connectivity index (χ1n) is 8.84. The number of ether oxygens (including phenoxy) is 1. The van der Waals surface area contributed by atoms with E-state index in [1.165, 1.54) is 35.9 Å². The van der Waals surface area contributed by atoms with E-state index in [1.807, 2.05) is 24.3 Å². The molecular formula is C18H23N3O4S. The lowest BCUT2D eigenvalue weighted by atomic mass is 10.1. The van der Waals surface area contributed by atoms with Crippen LogP contribution in [0, 0.1) is 0 Å². The van der Waals surface area contributed by atoms with Crippen molar-refractivity contribution in [3.8, 4) is 0 Å². The Labute approximate surface area is 157 Å². The molecule has 0 aliphatic carbocycles. The smallest absolute Gasteiger partial charge is 0.326 e. The van der Waals surface area contributed by atoms with Crippen LogP contribution < -0.4 is 10.2 Å². The number of thioether (sulfide) groups is 1. The molecule has 0 unspecified atom stereocenters. The third-order valence-electron chi connectivity index (χ3n) is 4.40. The lowest BCUT2D eigenvalue weighted by molar-refractivity contribution is -0.147. The molecule has 2 fully saturated rings. The van der Waals surface area contributed by atoms with Crippen molar-refractivity contribution in [1.82, 2.24) is 4.90 Å². The maximum Gasteiger partial charge on any atom is 0.326 e. The molecule has 1 N–H and O–H groups in total. The molecule has 0 saturated carbocycles. The second kappa shape index (κ2) is 8.93. The lowest BCUT2D eigenvalue weighted by Crippen LogP contribution is -2.32. The number of nitrogens with one attached hydrogen (secondary N) is 1. The van der Waals surface area contributed by atoms with Crippen LogP contribution in [0.4, 0.5) is 16.2 Å². The van der Waals surface area contributed by atoms with Crippen molar-refractivity contribution < 1.29 is 19.1 Å². The number of carbonyl (C=O) groups is 3. The topological polar surface area (TPSA) is 79.0 Å². The number of piperidine rings is 1. The Morgan fingerprint density at radius 2 is 1.81 bits per heavy atom. The van der Waals surface area contributed by atoms with Gasteiger partial charge in [-0.15, -0.1) is 0 Å². The minimum absolute atomic E-state index is 0.107. The van der Waals surface area contributed by atoms with Gasteiger partial charge in [0.2, 0.25) is 0 Å². The monoisotopic (exact) mass is 377 g/mol. The SMILES string of the molecule is O=C(COC(=O)CN1CCSC1=O)Nc1ccc(N2CCCCC2)cc1. The van der Waals surface area contributed by atoms with Gasteiger partial charge in [0.15, 0.2) is 6.61 Å². The van der Waals surface area contributed by atoms with Crippen LogP contribution >= 0.6 is 11.8 Å². The highest BCUT2D eigenvalue weighted by Crippen LogP contribution is 2.21. The van der Waals surface area contributed by atoms with Gasteiger partial charge in [-0.05, 0) is 43.5 Å². The molecule has 2 aliphatic heterocycles. The van der Waals surface area contributed by atoms with Gasteiger partial charge in [0.05, 0.1) is 0 Å². The van der Waals surface area contributed by atoms with Crippen LogP contribution in [0.1, 0.15) is 19.3 Å². The molecule has 3 rings (SSSR count). The fourth-order valence-electron chi connectivity index (χ4n) is 3.02. The van der Waals surface area contributed by atoms with Gasteiger partial charge < -0.3 is 19.9 Å². The van der Waals surface area contributed by atoms with Crippen LogP contribution in [-0.4, -0.2) is 60.6 Å². The molecule has 2 saturated heterocycles. The largest absolute Gasteiger partial charge is 0.454 e. The standard InChI is InChI=1S/C18H23N3O4S/c22-16(13-25-17(23)12-21-10-11-26-18(21)24)19-14-4-6-15(7-5-14)20-8-2-1-3-9-20/h4-7H,1-3,8-13H2,(H,19,22). The molecule has 26 heavy (non-hydrogen) atoms. The number of rotatable bonds is 6. The Morgan fingerprint density at radius 1 is 1.08 bits per heavy atom. The Bertz CT molecular complexity index is 659. The second-order valence-electron chi connectivity index (χ2n) is 6.34. The van der Waals surface area contributed by atoms with E-state index in [2.05, 4.69) is 10.2 Å². The van der Waals surface area contributed by atoms with E-state index in [-0.39, 0.29) is 18.4 Å². The van der Waals surface area contributed by atoms with Gasteiger partial charge in [-0.3, -0.25) is 14.4 Å². The first-order chi connectivity index (χ1) is 12.6. The summed E-state index contributed by atoms with van der Waals surface area (Å²) in [5.74, 6) is -0.289. The zero-order valence-electron chi connectivity index (χ0n) is 14.6. The highest BCUT2D eigenvalue weighted by Gasteiger charge is 2.24. The van der Waals surface area contributed by atoms with E-state index in [0.717, 1.165) is 18.8 Å². The molecule has 2 amide bonds. The molecule has 140 valence electrons. The van der Waals surface area contributed by atoms with Gasteiger partial charge in [0.1, 0.15) is 6.54 Å². The fraction of sp³-hybridized carbons (Fsp3) is 0.500. The van der Waals surface area contributed by atoms with E-state index in [0.29, 0.717) is 18.0 Å². The van der Waals surface area contributed by atoms with Crippen molar-refractivity contribution in [2.24, 2.45) is 0 Å². The maximum absolute atomic E-state index is 11.9. The van der Waals surface area contributed by atoms with Crippen molar-refractivity contribution in [3.05, 3.63) is 24.3 Å². The molecular weight excluding hydrogens is 354 g/mol. The number of hydrogen-bond donors (Lipinski definition) is 1. The van der Waals surface area contributed by atoms with Gasteiger partial charge in [-0.1, -0.05) is 11.8 Å². The number of hydrogen-bond acceptors (Lipinski definition) is 6. The van der Waals surface area contributed by atoms with E-state index in [1.54, 1.807) is 0 Å².